The molecule has 1 saturated heterocycles. The zero-order valence-corrected chi connectivity index (χ0v) is 11.0. The van der Waals surface area contributed by atoms with Crippen LogP contribution in [-0.4, -0.2) is 22.8 Å². The zero-order chi connectivity index (χ0) is 14.1. The van der Waals surface area contributed by atoms with Crippen LogP contribution in [0.3, 0.4) is 0 Å². The highest BCUT2D eigenvalue weighted by Crippen LogP contribution is 2.29. The quantitative estimate of drug-likeness (QED) is 0.781. The molecule has 5 nitrogen and oxygen atoms in total. The van der Waals surface area contributed by atoms with E-state index < -0.39 is 17.8 Å². The van der Waals surface area contributed by atoms with Gasteiger partial charge in [-0.1, -0.05) is 24.3 Å². The summed E-state index contributed by atoms with van der Waals surface area (Å²) < 4.78 is 0. The van der Waals surface area contributed by atoms with Crippen LogP contribution < -0.4 is 0 Å². The predicted molar refractivity (Wildman–Crippen MR) is 69.1 cm³/mol. The lowest BCUT2D eigenvalue weighted by atomic mass is 10.0. The molecule has 1 fully saturated rings. The summed E-state index contributed by atoms with van der Waals surface area (Å²) in [5.74, 6) is -1.18. The van der Waals surface area contributed by atoms with Crippen LogP contribution in [-0.2, 0) is 32.1 Å². The third kappa shape index (κ3) is 2.43. The maximum absolute atomic E-state index is 11.8. The van der Waals surface area contributed by atoms with Crippen molar-refractivity contribution >= 4 is 17.8 Å². The Balaban J connectivity index is 1.56. The topological polar surface area (TPSA) is 63.7 Å². The normalized spacial score (nSPS) is 18.5. The molecular weight excluding hydrogens is 258 g/mol. The molecule has 0 spiro atoms. The number of carbonyl (C=O) groups is 3. The van der Waals surface area contributed by atoms with Gasteiger partial charge in [-0.15, -0.1) is 5.06 Å². The van der Waals surface area contributed by atoms with E-state index in [1.807, 2.05) is 12.1 Å². The Hall–Kier alpha value is -2.17. The minimum atomic E-state index is -0.508. The molecular formula is C15H15NO4. The van der Waals surface area contributed by atoms with Crippen LogP contribution in [0.15, 0.2) is 24.3 Å². The number of rotatable bonds is 3. The molecule has 0 saturated carbocycles. The van der Waals surface area contributed by atoms with Crippen LogP contribution in [0.4, 0.5) is 0 Å². The molecule has 1 aliphatic carbocycles. The van der Waals surface area contributed by atoms with E-state index in [2.05, 4.69) is 12.1 Å². The molecule has 0 bridgehead atoms. The lowest BCUT2D eigenvalue weighted by molar-refractivity contribution is -0.198. The van der Waals surface area contributed by atoms with Crippen molar-refractivity contribution in [2.45, 2.75) is 32.1 Å². The van der Waals surface area contributed by atoms with Crippen LogP contribution >= 0.6 is 0 Å². The molecule has 2 aliphatic rings. The van der Waals surface area contributed by atoms with Crippen molar-refractivity contribution in [2.75, 3.05) is 0 Å². The molecule has 1 aromatic carbocycles. The second-order valence-corrected chi connectivity index (χ2v) is 5.29. The Morgan fingerprint density at radius 3 is 2.20 bits per heavy atom. The number of carbonyl (C=O) groups excluding carboxylic acids is 3. The number of amides is 2. The molecule has 0 radical (unpaired) electrons. The van der Waals surface area contributed by atoms with Gasteiger partial charge in [-0.25, -0.2) is 4.79 Å². The smallest absolute Gasteiger partial charge is 0.330 e. The van der Waals surface area contributed by atoms with E-state index in [9.17, 15) is 14.4 Å². The predicted octanol–water partition coefficient (Wildman–Crippen LogP) is 1.40. The Labute approximate surface area is 116 Å². The number of imide groups is 1. The number of hydrogen-bond donors (Lipinski definition) is 0. The van der Waals surface area contributed by atoms with Gasteiger partial charge in [-0.05, 0) is 29.9 Å². The number of hydroxylamine groups is 2. The number of benzene rings is 1. The zero-order valence-electron chi connectivity index (χ0n) is 11.0. The lowest BCUT2D eigenvalue weighted by Crippen LogP contribution is -2.32. The molecule has 1 heterocycles. The van der Waals surface area contributed by atoms with E-state index in [1.165, 1.54) is 11.1 Å². The molecule has 1 aliphatic heterocycles. The molecule has 20 heavy (non-hydrogen) atoms. The van der Waals surface area contributed by atoms with Gasteiger partial charge in [0.15, 0.2) is 0 Å². The largest absolute Gasteiger partial charge is 0.333 e. The summed E-state index contributed by atoms with van der Waals surface area (Å²) >= 11 is 0. The van der Waals surface area contributed by atoms with Crippen molar-refractivity contribution in [2.24, 2.45) is 5.92 Å². The Kier molecular flexibility index (Phi) is 3.26. The van der Waals surface area contributed by atoms with Gasteiger partial charge in [-0.2, -0.15) is 0 Å². The van der Waals surface area contributed by atoms with Crippen molar-refractivity contribution in [3.8, 4) is 0 Å². The van der Waals surface area contributed by atoms with E-state index in [4.69, 9.17) is 4.84 Å². The van der Waals surface area contributed by atoms with Crippen LogP contribution in [0, 0.1) is 5.92 Å². The molecule has 104 valence electrons. The third-order valence-electron chi connectivity index (χ3n) is 3.79. The molecule has 1 aromatic rings. The van der Waals surface area contributed by atoms with Crippen molar-refractivity contribution in [3.05, 3.63) is 35.4 Å². The second kappa shape index (κ2) is 5.07. The van der Waals surface area contributed by atoms with E-state index in [0.29, 0.717) is 5.06 Å². The molecule has 0 N–H and O–H groups in total. The van der Waals surface area contributed by atoms with Gasteiger partial charge in [0.05, 0.1) is 6.42 Å². The van der Waals surface area contributed by atoms with Crippen LogP contribution in [0.5, 0.6) is 0 Å². The fraction of sp³-hybridized carbons (Fsp3) is 0.400. The highest BCUT2D eigenvalue weighted by atomic mass is 16.7. The molecule has 2 amide bonds. The summed E-state index contributed by atoms with van der Waals surface area (Å²) in [5.41, 5.74) is 2.53. The molecule has 0 unspecified atom stereocenters. The first-order valence-corrected chi connectivity index (χ1v) is 6.77. The van der Waals surface area contributed by atoms with E-state index >= 15 is 0 Å². The van der Waals surface area contributed by atoms with Crippen molar-refractivity contribution < 1.29 is 19.2 Å². The summed E-state index contributed by atoms with van der Waals surface area (Å²) in [7, 11) is 0. The standard InChI is InChI=1S/C15H15NO4/c17-13-5-6-14(18)16(13)20-15(19)9-10-7-11-3-1-2-4-12(11)8-10/h1-4,10H,5-9H2. The van der Waals surface area contributed by atoms with Gasteiger partial charge in [0, 0.05) is 12.8 Å². The molecule has 0 aromatic heterocycles. The first-order chi connectivity index (χ1) is 9.63. The minimum Gasteiger partial charge on any atom is -0.330 e. The highest BCUT2D eigenvalue weighted by molar-refractivity contribution is 6.01. The minimum absolute atomic E-state index is 0.126. The van der Waals surface area contributed by atoms with E-state index in [1.54, 1.807) is 0 Å². The van der Waals surface area contributed by atoms with Crippen LogP contribution in [0.1, 0.15) is 30.4 Å². The monoisotopic (exact) mass is 273 g/mol. The second-order valence-electron chi connectivity index (χ2n) is 5.29. The van der Waals surface area contributed by atoms with Gasteiger partial charge in [-0.3, -0.25) is 9.59 Å². The summed E-state index contributed by atoms with van der Waals surface area (Å²) in [6, 6.07) is 8.10. The van der Waals surface area contributed by atoms with Crippen LogP contribution in [0.2, 0.25) is 0 Å². The summed E-state index contributed by atoms with van der Waals surface area (Å²) in [5, 5.41) is 0.616. The van der Waals surface area contributed by atoms with Gasteiger partial charge in [0.25, 0.3) is 11.8 Å². The molecule has 5 heteroatoms. The SMILES string of the molecule is O=C(CC1Cc2ccccc2C1)ON1C(=O)CCC1=O. The van der Waals surface area contributed by atoms with Gasteiger partial charge in [0.1, 0.15) is 0 Å². The Morgan fingerprint density at radius 2 is 1.65 bits per heavy atom. The van der Waals surface area contributed by atoms with Crippen molar-refractivity contribution in [3.63, 3.8) is 0 Å². The van der Waals surface area contributed by atoms with E-state index in [0.717, 1.165) is 12.8 Å². The highest BCUT2D eigenvalue weighted by Gasteiger charge is 2.33. The van der Waals surface area contributed by atoms with E-state index in [-0.39, 0.29) is 25.2 Å². The molecule has 3 rings (SSSR count). The van der Waals surface area contributed by atoms with Crippen molar-refractivity contribution in [1.82, 2.24) is 5.06 Å². The summed E-state index contributed by atoms with van der Waals surface area (Å²) in [6.45, 7) is 0. The summed E-state index contributed by atoms with van der Waals surface area (Å²) in [4.78, 5) is 39.4. The van der Waals surface area contributed by atoms with Gasteiger partial charge in [0.2, 0.25) is 0 Å². The maximum Gasteiger partial charge on any atom is 0.333 e. The third-order valence-corrected chi connectivity index (χ3v) is 3.79. The molecule has 0 atom stereocenters. The number of hydrogen-bond acceptors (Lipinski definition) is 4. The lowest BCUT2D eigenvalue weighted by Gasteiger charge is -2.14. The number of fused-ring (bicyclic) bond motifs is 1. The average Bonchev–Trinajstić information content (AvgIpc) is 2.96. The first-order valence-electron chi connectivity index (χ1n) is 6.77. The van der Waals surface area contributed by atoms with Crippen molar-refractivity contribution in [1.29, 1.82) is 0 Å². The van der Waals surface area contributed by atoms with Gasteiger partial charge >= 0.3 is 5.97 Å². The first kappa shape index (κ1) is 12.8. The fourth-order valence-electron chi connectivity index (χ4n) is 2.83. The number of nitrogens with zero attached hydrogens (tertiary/aromatic N) is 1. The Morgan fingerprint density at radius 1 is 1.10 bits per heavy atom. The van der Waals surface area contributed by atoms with Crippen LogP contribution in [0.25, 0.3) is 0 Å². The maximum atomic E-state index is 11.8. The Bertz CT molecular complexity index is 540. The summed E-state index contributed by atoms with van der Waals surface area (Å²) in [6.07, 6.45) is 2.16. The average molecular weight is 273 g/mol. The van der Waals surface area contributed by atoms with Gasteiger partial charge < -0.3 is 4.84 Å². The fourth-order valence-corrected chi connectivity index (χ4v) is 2.83.